The van der Waals surface area contributed by atoms with Crippen LogP contribution in [0.4, 0.5) is 5.82 Å². The van der Waals surface area contributed by atoms with Gasteiger partial charge < -0.3 is 15.0 Å². The first-order valence-electron chi connectivity index (χ1n) is 6.12. The molecule has 0 aromatic carbocycles. The number of nitrogens with one attached hydrogen (secondary N) is 1. The molecule has 0 unspecified atom stereocenters. The van der Waals surface area contributed by atoms with E-state index in [1.807, 2.05) is 6.92 Å². The SMILES string of the molecule is CCCn1ccnc(NCC2(C(=O)O)CC2)c1=O. The zero-order chi connectivity index (χ0) is 13.2. The normalized spacial score (nSPS) is 16.3. The molecule has 0 atom stereocenters. The highest BCUT2D eigenvalue weighted by Gasteiger charge is 2.50. The topological polar surface area (TPSA) is 84.2 Å². The summed E-state index contributed by atoms with van der Waals surface area (Å²) in [5.41, 5.74) is -0.889. The number of hydrogen-bond donors (Lipinski definition) is 2. The van der Waals surface area contributed by atoms with Crippen molar-refractivity contribution in [3.63, 3.8) is 0 Å². The summed E-state index contributed by atoms with van der Waals surface area (Å²) < 4.78 is 1.58. The maximum Gasteiger partial charge on any atom is 0.311 e. The third kappa shape index (κ3) is 2.37. The van der Waals surface area contributed by atoms with E-state index in [0.717, 1.165) is 6.42 Å². The Morgan fingerprint density at radius 3 is 2.89 bits per heavy atom. The lowest BCUT2D eigenvalue weighted by molar-refractivity contribution is -0.142. The van der Waals surface area contributed by atoms with Crippen molar-refractivity contribution < 1.29 is 9.90 Å². The number of aromatic nitrogens is 2. The first-order chi connectivity index (χ1) is 8.59. The van der Waals surface area contributed by atoms with Gasteiger partial charge in [0.15, 0.2) is 5.82 Å². The molecule has 0 amide bonds. The summed E-state index contributed by atoms with van der Waals surface area (Å²) in [4.78, 5) is 26.9. The first-order valence-corrected chi connectivity index (χ1v) is 6.12. The molecule has 2 rings (SSSR count). The summed E-state index contributed by atoms with van der Waals surface area (Å²) in [5, 5.41) is 11.9. The van der Waals surface area contributed by atoms with E-state index < -0.39 is 11.4 Å². The van der Waals surface area contributed by atoms with Gasteiger partial charge in [0.2, 0.25) is 0 Å². The fourth-order valence-corrected chi connectivity index (χ4v) is 1.86. The third-order valence-corrected chi connectivity index (χ3v) is 3.28. The predicted octanol–water partition coefficient (Wildman–Crippen LogP) is 0.930. The molecule has 6 heteroatoms. The molecule has 0 spiro atoms. The summed E-state index contributed by atoms with van der Waals surface area (Å²) in [7, 11) is 0. The Labute approximate surface area is 105 Å². The van der Waals surface area contributed by atoms with Crippen LogP contribution in [-0.2, 0) is 11.3 Å². The summed E-state index contributed by atoms with van der Waals surface area (Å²) in [6, 6.07) is 0. The number of carboxylic acid groups (broad SMARTS) is 1. The third-order valence-electron chi connectivity index (χ3n) is 3.28. The number of aliphatic carboxylic acids is 1. The minimum absolute atomic E-state index is 0.194. The van der Waals surface area contributed by atoms with Gasteiger partial charge >= 0.3 is 5.97 Å². The largest absolute Gasteiger partial charge is 0.481 e. The van der Waals surface area contributed by atoms with Gasteiger partial charge in [0.1, 0.15) is 0 Å². The van der Waals surface area contributed by atoms with Crippen LogP contribution in [-0.4, -0.2) is 27.2 Å². The van der Waals surface area contributed by atoms with Crippen molar-refractivity contribution in [1.29, 1.82) is 0 Å². The standard InChI is InChI=1S/C12H17N3O3/c1-2-6-15-7-5-13-9(10(15)16)14-8-12(3-4-12)11(17)18/h5,7H,2-4,6,8H2,1H3,(H,13,14)(H,17,18). The van der Waals surface area contributed by atoms with Crippen LogP contribution in [0.5, 0.6) is 0 Å². The van der Waals surface area contributed by atoms with Crippen molar-refractivity contribution in [3.05, 3.63) is 22.7 Å². The molecule has 98 valence electrons. The van der Waals surface area contributed by atoms with Crippen LogP contribution in [0.1, 0.15) is 26.2 Å². The quantitative estimate of drug-likeness (QED) is 0.785. The monoisotopic (exact) mass is 251 g/mol. The maximum absolute atomic E-state index is 12.0. The molecule has 0 saturated heterocycles. The van der Waals surface area contributed by atoms with E-state index in [-0.39, 0.29) is 17.9 Å². The zero-order valence-corrected chi connectivity index (χ0v) is 10.3. The van der Waals surface area contributed by atoms with Crippen molar-refractivity contribution in [1.82, 2.24) is 9.55 Å². The molecule has 0 bridgehead atoms. The molecule has 1 heterocycles. The average molecular weight is 251 g/mol. The molecule has 1 saturated carbocycles. The molecule has 2 N–H and O–H groups in total. The van der Waals surface area contributed by atoms with E-state index in [1.54, 1.807) is 17.0 Å². The van der Waals surface area contributed by atoms with Crippen LogP contribution in [0, 0.1) is 5.41 Å². The van der Waals surface area contributed by atoms with Crippen molar-refractivity contribution in [2.45, 2.75) is 32.7 Å². The summed E-state index contributed by atoms with van der Waals surface area (Å²) >= 11 is 0. The van der Waals surface area contributed by atoms with Crippen molar-refractivity contribution >= 4 is 11.8 Å². The number of rotatable bonds is 6. The van der Waals surface area contributed by atoms with E-state index >= 15 is 0 Å². The minimum atomic E-state index is -0.806. The van der Waals surface area contributed by atoms with Crippen molar-refractivity contribution in [3.8, 4) is 0 Å². The maximum atomic E-state index is 12.0. The average Bonchev–Trinajstić information content (AvgIpc) is 3.12. The van der Waals surface area contributed by atoms with Crippen LogP contribution >= 0.6 is 0 Å². The molecule has 1 aromatic rings. The molecule has 1 aliphatic rings. The molecular formula is C12H17N3O3. The van der Waals surface area contributed by atoms with E-state index in [9.17, 15) is 9.59 Å². The fourth-order valence-electron chi connectivity index (χ4n) is 1.86. The molecule has 1 aromatic heterocycles. The number of nitrogens with zero attached hydrogens (tertiary/aromatic N) is 2. The lowest BCUT2D eigenvalue weighted by Gasteiger charge is -2.12. The van der Waals surface area contributed by atoms with Crippen LogP contribution in [0.3, 0.4) is 0 Å². The molecule has 6 nitrogen and oxygen atoms in total. The van der Waals surface area contributed by atoms with Gasteiger partial charge in [0.25, 0.3) is 5.56 Å². The second-order valence-corrected chi connectivity index (χ2v) is 4.71. The summed E-state index contributed by atoms with van der Waals surface area (Å²) in [5.74, 6) is -0.571. The Hall–Kier alpha value is -1.85. The highest BCUT2D eigenvalue weighted by molar-refractivity contribution is 5.78. The zero-order valence-electron chi connectivity index (χ0n) is 10.3. The van der Waals surface area contributed by atoms with Crippen LogP contribution in [0.15, 0.2) is 17.2 Å². The first kappa shape index (κ1) is 12.6. The molecule has 18 heavy (non-hydrogen) atoms. The Balaban J connectivity index is 2.08. The van der Waals surface area contributed by atoms with E-state index in [1.165, 1.54) is 0 Å². The Kier molecular flexibility index (Phi) is 3.36. The van der Waals surface area contributed by atoms with Gasteiger partial charge in [0.05, 0.1) is 5.41 Å². The van der Waals surface area contributed by atoms with E-state index in [2.05, 4.69) is 10.3 Å². The smallest absolute Gasteiger partial charge is 0.311 e. The van der Waals surface area contributed by atoms with Gasteiger partial charge in [0, 0.05) is 25.5 Å². The van der Waals surface area contributed by atoms with Gasteiger partial charge in [-0.1, -0.05) is 6.92 Å². The number of carbonyl (C=O) groups is 1. The Bertz CT molecular complexity index is 506. The number of carboxylic acids is 1. The number of hydrogen-bond acceptors (Lipinski definition) is 4. The number of anilines is 1. The van der Waals surface area contributed by atoms with Crippen LogP contribution in [0.25, 0.3) is 0 Å². The lowest BCUT2D eigenvalue weighted by atomic mass is 10.1. The van der Waals surface area contributed by atoms with Gasteiger partial charge in [-0.15, -0.1) is 0 Å². The van der Waals surface area contributed by atoms with Gasteiger partial charge in [-0.2, -0.15) is 0 Å². The minimum Gasteiger partial charge on any atom is -0.481 e. The highest BCUT2D eigenvalue weighted by Crippen LogP contribution is 2.45. The van der Waals surface area contributed by atoms with Gasteiger partial charge in [-0.25, -0.2) is 4.98 Å². The molecule has 0 radical (unpaired) electrons. The molecule has 1 fully saturated rings. The lowest BCUT2D eigenvalue weighted by Crippen LogP contribution is -2.29. The molecule has 1 aliphatic carbocycles. The second-order valence-electron chi connectivity index (χ2n) is 4.71. The Morgan fingerprint density at radius 1 is 1.61 bits per heavy atom. The fraction of sp³-hybridized carbons (Fsp3) is 0.583. The van der Waals surface area contributed by atoms with Crippen LogP contribution < -0.4 is 10.9 Å². The van der Waals surface area contributed by atoms with Gasteiger partial charge in [-0.05, 0) is 19.3 Å². The highest BCUT2D eigenvalue weighted by atomic mass is 16.4. The van der Waals surface area contributed by atoms with E-state index in [0.29, 0.717) is 19.4 Å². The second kappa shape index (κ2) is 4.80. The Morgan fingerprint density at radius 2 is 2.33 bits per heavy atom. The van der Waals surface area contributed by atoms with Crippen molar-refractivity contribution in [2.75, 3.05) is 11.9 Å². The summed E-state index contributed by atoms with van der Waals surface area (Å²) in [6.07, 6.45) is 5.37. The predicted molar refractivity (Wildman–Crippen MR) is 66.6 cm³/mol. The summed E-state index contributed by atoms with van der Waals surface area (Å²) in [6.45, 7) is 2.89. The molecule has 0 aliphatic heterocycles. The van der Waals surface area contributed by atoms with Crippen molar-refractivity contribution in [2.24, 2.45) is 5.41 Å². The van der Waals surface area contributed by atoms with E-state index in [4.69, 9.17) is 5.11 Å². The number of aryl methyl sites for hydroxylation is 1. The molecular weight excluding hydrogens is 234 g/mol. The van der Waals surface area contributed by atoms with Crippen LogP contribution in [0.2, 0.25) is 0 Å². The van der Waals surface area contributed by atoms with Gasteiger partial charge in [-0.3, -0.25) is 9.59 Å².